The van der Waals surface area contributed by atoms with Crippen LogP contribution in [0.15, 0.2) is 324 Å². The summed E-state index contributed by atoms with van der Waals surface area (Å²) >= 11 is 0. The first-order chi connectivity index (χ1) is 44.5. The first-order valence-corrected chi connectivity index (χ1v) is 30.0. The fourth-order valence-electron chi connectivity index (χ4n) is 11.8. The lowest BCUT2D eigenvalue weighted by Crippen LogP contribution is -2.00. The Hall–Kier alpha value is -12.3. The van der Waals surface area contributed by atoms with Gasteiger partial charge in [0.1, 0.15) is 22.3 Å². The smallest absolute Gasteiger partial charge is 0.164 e. The van der Waals surface area contributed by atoms with E-state index < -0.39 is 0 Å². The molecule has 0 unspecified atom stereocenters. The lowest BCUT2D eigenvalue weighted by atomic mass is 10.0. The maximum atomic E-state index is 6.15. The minimum Gasteiger partial charge on any atom is -0.456 e. The molecule has 90 heavy (non-hydrogen) atoms. The summed E-state index contributed by atoms with van der Waals surface area (Å²) in [5.74, 6) is 3.83. The van der Waals surface area contributed by atoms with E-state index in [0.717, 1.165) is 116 Å². The second-order valence-electron chi connectivity index (χ2n) is 22.2. The molecular formula is C82H52N6O2. The molecule has 0 N–H and O–H groups in total. The average Bonchev–Trinajstić information content (AvgIpc) is 1.91. The summed E-state index contributed by atoms with van der Waals surface area (Å²) in [4.78, 5) is 29.7. The van der Waals surface area contributed by atoms with Crippen molar-refractivity contribution >= 4 is 54.6 Å². The number of rotatable bonds is 10. The molecule has 0 aliphatic carbocycles. The zero-order chi connectivity index (χ0) is 59.7. The highest BCUT2D eigenvalue weighted by Crippen LogP contribution is 2.37. The molecule has 0 aliphatic rings. The number of furan rings is 2. The van der Waals surface area contributed by atoms with Crippen molar-refractivity contribution in [2.75, 3.05) is 0 Å². The Labute approximate surface area is 518 Å². The Bertz CT molecular complexity index is 5440. The number of fused-ring (bicyclic) bond motifs is 7. The summed E-state index contributed by atoms with van der Waals surface area (Å²) in [7, 11) is 0. The molecular weight excluding hydrogens is 1100 g/mol. The molecule has 0 fully saturated rings. The van der Waals surface area contributed by atoms with Gasteiger partial charge in [-0.15, -0.1) is 0 Å². The van der Waals surface area contributed by atoms with Crippen LogP contribution in [0.25, 0.3) is 167 Å². The van der Waals surface area contributed by atoms with Gasteiger partial charge in [0.2, 0.25) is 0 Å². The van der Waals surface area contributed by atoms with Crippen LogP contribution in [-0.4, -0.2) is 29.9 Å². The Morgan fingerprint density at radius 3 is 0.811 bits per heavy atom. The van der Waals surface area contributed by atoms with Gasteiger partial charge in [0.15, 0.2) is 34.9 Å². The third-order valence-corrected chi connectivity index (χ3v) is 16.5. The van der Waals surface area contributed by atoms with Gasteiger partial charge in [-0.1, -0.05) is 273 Å². The van der Waals surface area contributed by atoms with Crippen molar-refractivity contribution in [3.05, 3.63) is 315 Å². The van der Waals surface area contributed by atoms with Crippen LogP contribution in [0.4, 0.5) is 0 Å². The van der Waals surface area contributed by atoms with Crippen LogP contribution in [-0.2, 0) is 0 Å². The SMILES string of the molecule is c1ccc(-c2ccc(-c3nc(-c4ccc(-c5ccc6c(c5)oc5ccccc56)cc4)nc(-c4ccc5ccccc5c4)n3)cc2)cc1.c1ccc(-c2ccc(-c3nc(-c4ccccc4)nc(-c4ccc(-c5ccc6c(c5)oc5ccccc56)cc4)n3)cc2)cc1. The van der Waals surface area contributed by atoms with E-state index in [0.29, 0.717) is 34.9 Å². The van der Waals surface area contributed by atoms with Gasteiger partial charge in [-0.3, -0.25) is 0 Å². The molecule has 0 aliphatic heterocycles. The topological polar surface area (TPSA) is 104 Å². The lowest BCUT2D eigenvalue weighted by Gasteiger charge is -2.10. The Morgan fingerprint density at radius 2 is 0.411 bits per heavy atom. The minimum absolute atomic E-state index is 0.629. The Kier molecular flexibility index (Phi) is 13.7. The van der Waals surface area contributed by atoms with Crippen molar-refractivity contribution in [2.24, 2.45) is 0 Å². The van der Waals surface area contributed by atoms with Gasteiger partial charge >= 0.3 is 0 Å². The van der Waals surface area contributed by atoms with Crippen molar-refractivity contribution < 1.29 is 8.83 Å². The van der Waals surface area contributed by atoms with Gasteiger partial charge in [0, 0.05) is 54.9 Å². The van der Waals surface area contributed by atoms with Crippen LogP contribution in [0.2, 0.25) is 0 Å². The molecule has 4 heterocycles. The van der Waals surface area contributed by atoms with Crippen LogP contribution >= 0.6 is 0 Å². The Balaban J connectivity index is 0.000000145. The third-order valence-electron chi connectivity index (χ3n) is 16.5. The first-order valence-electron chi connectivity index (χ1n) is 30.0. The third kappa shape index (κ3) is 10.6. The highest BCUT2D eigenvalue weighted by Gasteiger charge is 2.17. The van der Waals surface area contributed by atoms with E-state index in [4.69, 9.17) is 38.7 Å². The molecule has 0 amide bonds. The van der Waals surface area contributed by atoms with Crippen LogP contribution < -0.4 is 0 Å². The molecule has 0 spiro atoms. The Morgan fingerprint density at radius 1 is 0.156 bits per heavy atom. The largest absolute Gasteiger partial charge is 0.456 e. The summed E-state index contributed by atoms with van der Waals surface area (Å²) in [6.07, 6.45) is 0. The van der Waals surface area contributed by atoms with Gasteiger partial charge in [0.05, 0.1) is 0 Å². The van der Waals surface area contributed by atoms with E-state index in [1.165, 1.54) is 16.5 Å². The van der Waals surface area contributed by atoms with Gasteiger partial charge in [0.25, 0.3) is 0 Å². The first kappa shape index (κ1) is 53.2. The summed E-state index contributed by atoms with van der Waals surface area (Å²) in [6, 6.07) is 108. The van der Waals surface area contributed by atoms with Gasteiger partial charge in [-0.25, -0.2) is 29.9 Å². The van der Waals surface area contributed by atoms with Crippen molar-refractivity contribution in [1.82, 2.24) is 29.9 Å². The van der Waals surface area contributed by atoms with Gasteiger partial charge in [-0.2, -0.15) is 0 Å². The molecule has 13 aromatic carbocycles. The van der Waals surface area contributed by atoms with Crippen molar-refractivity contribution in [1.29, 1.82) is 0 Å². The molecule has 422 valence electrons. The zero-order valence-electron chi connectivity index (χ0n) is 48.5. The van der Waals surface area contributed by atoms with Crippen molar-refractivity contribution in [3.8, 4) is 113 Å². The highest BCUT2D eigenvalue weighted by molar-refractivity contribution is 6.07. The normalized spacial score (nSPS) is 11.3. The number of nitrogens with zero attached hydrogens (tertiary/aromatic N) is 6. The number of hydrogen-bond acceptors (Lipinski definition) is 8. The highest BCUT2D eigenvalue weighted by atomic mass is 16.3. The van der Waals surface area contributed by atoms with E-state index in [9.17, 15) is 0 Å². The van der Waals surface area contributed by atoms with E-state index in [-0.39, 0.29) is 0 Å². The van der Waals surface area contributed by atoms with Crippen LogP contribution in [0.1, 0.15) is 0 Å². The second kappa shape index (κ2) is 23.2. The van der Waals surface area contributed by atoms with E-state index in [1.807, 2.05) is 78.9 Å². The van der Waals surface area contributed by atoms with E-state index >= 15 is 0 Å². The molecule has 0 atom stereocenters. The fraction of sp³-hybridized carbons (Fsp3) is 0. The average molecular weight is 1150 g/mol. The molecule has 0 radical (unpaired) electrons. The van der Waals surface area contributed by atoms with Crippen molar-refractivity contribution in [3.63, 3.8) is 0 Å². The molecule has 0 bridgehead atoms. The minimum atomic E-state index is 0.629. The van der Waals surface area contributed by atoms with Crippen LogP contribution in [0.3, 0.4) is 0 Å². The van der Waals surface area contributed by atoms with Gasteiger partial charge in [-0.05, 0) is 97.7 Å². The number of hydrogen-bond donors (Lipinski definition) is 0. The van der Waals surface area contributed by atoms with Crippen molar-refractivity contribution in [2.45, 2.75) is 0 Å². The van der Waals surface area contributed by atoms with Crippen LogP contribution in [0, 0.1) is 0 Å². The maximum absolute atomic E-state index is 6.15. The zero-order valence-corrected chi connectivity index (χ0v) is 48.5. The molecule has 0 saturated heterocycles. The second-order valence-corrected chi connectivity index (χ2v) is 22.2. The summed E-state index contributed by atoms with van der Waals surface area (Å²) in [5.41, 5.74) is 18.2. The fourth-order valence-corrected chi connectivity index (χ4v) is 11.8. The number of para-hydroxylation sites is 2. The van der Waals surface area contributed by atoms with E-state index in [2.05, 4.69) is 237 Å². The molecule has 4 aromatic heterocycles. The quantitative estimate of drug-likeness (QED) is 0.133. The lowest BCUT2D eigenvalue weighted by molar-refractivity contribution is 0.668. The summed E-state index contributed by atoms with van der Waals surface area (Å²) in [5, 5.41) is 6.83. The molecule has 17 rings (SSSR count). The molecule has 8 nitrogen and oxygen atoms in total. The molecule has 17 aromatic rings. The number of benzene rings is 13. The predicted octanol–water partition coefficient (Wildman–Crippen LogP) is 21.4. The molecule has 0 saturated carbocycles. The monoisotopic (exact) mass is 1150 g/mol. The van der Waals surface area contributed by atoms with Crippen LogP contribution in [0.5, 0.6) is 0 Å². The summed E-state index contributed by atoms with van der Waals surface area (Å²) in [6.45, 7) is 0. The van der Waals surface area contributed by atoms with Gasteiger partial charge < -0.3 is 8.83 Å². The predicted molar refractivity (Wildman–Crippen MR) is 366 cm³/mol. The maximum Gasteiger partial charge on any atom is 0.164 e. The molecule has 8 heteroatoms. The van der Waals surface area contributed by atoms with E-state index in [1.54, 1.807) is 0 Å². The standard InChI is InChI=1S/C43H27N3O.C39H25N3O/c1-2-8-28(9-3-1)30-14-19-32(20-15-30)41-44-42(46-43(45-41)36-23-18-29-10-4-5-11-34(29)26-36)33-21-16-31(17-22-33)35-24-25-38-37-12-6-7-13-39(37)47-40(38)27-35;1-3-9-26(10-4-1)27-15-19-30(20-16-27)38-40-37(29-11-5-2-6-12-29)41-39(42-38)31-21-17-28(18-22-31)32-23-24-34-33-13-7-8-14-35(33)43-36(34)25-32/h1-27H;1-25H. The number of aromatic nitrogens is 6. The summed E-state index contributed by atoms with van der Waals surface area (Å²) < 4.78 is 12.3.